The van der Waals surface area contributed by atoms with Crippen molar-refractivity contribution in [1.82, 2.24) is 5.32 Å². The zero-order valence-corrected chi connectivity index (χ0v) is 12.8. The number of hydrogen-bond donors (Lipinski definition) is 1. The molecular weight excluding hydrogens is 242 g/mol. The lowest BCUT2D eigenvalue weighted by Crippen LogP contribution is -2.52. The van der Waals surface area contributed by atoms with Gasteiger partial charge in [-0.2, -0.15) is 0 Å². The Morgan fingerprint density at radius 2 is 2.11 bits per heavy atom. The molecule has 0 radical (unpaired) electrons. The van der Waals surface area contributed by atoms with Crippen molar-refractivity contribution in [3.8, 4) is 0 Å². The number of ether oxygens (including phenoxy) is 2. The Hall–Kier alpha value is -0.610. The van der Waals surface area contributed by atoms with Crippen LogP contribution in [0.5, 0.6) is 0 Å². The molecule has 0 aliphatic heterocycles. The number of esters is 1. The second kappa shape index (κ2) is 7.85. The monoisotopic (exact) mass is 271 g/mol. The molecule has 0 amide bonds. The number of hydrogen-bond acceptors (Lipinski definition) is 4. The Morgan fingerprint density at radius 3 is 2.63 bits per heavy atom. The van der Waals surface area contributed by atoms with Crippen molar-refractivity contribution in [2.75, 3.05) is 13.2 Å². The smallest absolute Gasteiger partial charge is 0.326 e. The van der Waals surface area contributed by atoms with Crippen molar-refractivity contribution in [3.63, 3.8) is 0 Å². The highest BCUT2D eigenvalue weighted by Gasteiger charge is 2.39. The molecule has 0 bridgehead atoms. The van der Waals surface area contributed by atoms with Gasteiger partial charge in [0.15, 0.2) is 0 Å². The van der Waals surface area contributed by atoms with Gasteiger partial charge in [-0.1, -0.05) is 13.3 Å². The molecule has 1 rings (SSSR count). The minimum absolute atomic E-state index is 0.159. The third-order valence-electron chi connectivity index (χ3n) is 3.53. The van der Waals surface area contributed by atoms with Gasteiger partial charge < -0.3 is 9.47 Å². The molecule has 0 spiro atoms. The summed E-state index contributed by atoms with van der Waals surface area (Å²) in [4.78, 5) is 12.1. The molecule has 0 aromatic rings. The van der Waals surface area contributed by atoms with E-state index in [0.717, 1.165) is 25.7 Å². The fourth-order valence-electron chi connectivity index (χ4n) is 2.16. The molecule has 0 saturated heterocycles. The largest absolute Gasteiger partial charge is 0.465 e. The fourth-order valence-corrected chi connectivity index (χ4v) is 2.16. The maximum atomic E-state index is 12.1. The van der Waals surface area contributed by atoms with Crippen molar-refractivity contribution in [2.24, 2.45) is 0 Å². The van der Waals surface area contributed by atoms with E-state index < -0.39 is 5.54 Å². The van der Waals surface area contributed by atoms with Gasteiger partial charge in [0, 0.05) is 12.6 Å². The van der Waals surface area contributed by atoms with E-state index in [4.69, 9.17) is 9.47 Å². The maximum Gasteiger partial charge on any atom is 0.326 e. The normalized spacial score (nSPS) is 19.8. The first-order valence-corrected chi connectivity index (χ1v) is 7.58. The molecule has 1 fully saturated rings. The van der Waals surface area contributed by atoms with Crippen LogP contribution in [0, 0.1) is 0 Å². The van der Waals surface area contributed by atoms with Crippen LogP contribution in [-0.4, -0.2) is 36.9 Å². The highest BCUT2D eigenvalue weighted by molar-refractivity contribution is 5.80. The summed E-state index contributed by atoms with van der Waals surface area (Å²) in [6.07, 6.45) is 5.42. The van der Waals surface area contributed by atoms with E-state index in [1.165, 1.54) is 0 Å². The lowest BCUT2D eigenvalue weighted by atomic mass is 9.98. The van der Waals surface area contributed by atoms with Crippen LogP contribution in [0.3, 0.4) is 0 Å². The number of carbonyl (C=O) groups is 1. The van der Waals surface area contributed by atoms with E-state index in [9.17, 15) is 4.79 Å². The van der Waals surface area contributed by atoms with E-state index in [1.807, 2.05) is 13.8 Å². The highest BCUT2D eigenvalue weighted by Crippen LogP contribution is 2.25. The van der Waals surface area contributed by atoms with Crippen molar-refractivity contribution in [1.29, 1.82) is 0 Å². The van der Waals surface area contributed by atoms with Crippen LogP contribution in [0.1, 0.15) is 59.8 Å². The zero-order valence-electron chi connectivity index (χ0n) is 12.8. The molecule has 0 aromatic heterocycles. The summed E-state index contributed by atoms with van der Waals surface area (Å²) in [5.41, 5.74) is -0.608. The number of nitrogens with one attached hydrogen (secondary N) is 1. The Morgan fingerprint density at radius 1 is 1.42 bits per heavy atom. The Kier molecular flexibility index (Phi) is 6.80. The van der Waals surface area contributed by atoms with E-state index in [1.54, 1.807) is 0 Å². The minimum atomic E-state index is -0.608. The number of carbonyl (C=O) groups excluding carboxylic acids is 1. The van der Waals surface area contributed by atoms with Gasteiger partial charge >= 0.3 is 5.97 Å². The van der Waals surface area contributed by atoms with Crippen molar-refractivity contribution in [2.45, 2.75) is 77.5 Å². The maximum absolute atomic E-state index is 12.1. The molecule has 19 heavy (non-hydrogen) atoms. The van der Waals surface area contributed by atoms with Crippen molar-refractivity contribution < 1.29 is 14.3 Å². The minimum Gasteiger partial charge on any atom is -0.465 e. The highest BCUT2D eigenvalue weighted by atomic mass is 16.5. The quantitative estimate of drug-likeness (QED) is 0.621. The average Bonchev–Trinajstić information content (AvgIpc) is 3.13. The second-order valence-corrected chi connectivity index (χ2v) is 5.69. The van der Waals surface area contributed by atoms with Gasteiger partial charge in [-0.25, -0.2) is 0 Å². The first-order chi connectivity index (χ1) is 9.01. The van der Waals surface area contributed by atoms with E-state index in [0.29, 0.717) is 25.7 Å². The average molecular weight is 271 g/mol. The lowest BCUT2D eigenvalue weighted by Gasteiger charge is -2.29. The van der Waals surface area contributed by atoms with Gasteiger partial charge in [0.25, 0.3) is 0 Å². The SMILES string of the molecule is CCCC(C)OCCC(C)(NC1CC1)C(=O)OCC. The number of rotatable bonds is 10. The summed E-state index contributed by atoms with van der Waals surface area (Å²) in [7, 11) is 0. The van der Waals surface area contributed by atoms with Gasteiger partial charge in [0.1, 0.15) is 5.54 Å². The molecule has 4 nitrogen and oxygen atoms in total. The third-order valence-corrected chi connectivity index (χ3v) is 3.53. The standard InChI is InChI=1S/C15H29NO3/c1-5-7-12(3)19-11-10-15(4,14(17)18-6-2)16-13-8-9-13/h12-13,16H,5-11H2,1-4H3. The molecule has 0 aromatic carbocycles. The topological polar surface area (TPSA) is 47.6 Å². The van der Waals surface area contributed by atoms with Gasteiger partial charge in [-0.05, 0) is 46.5 Å². The first kappa shape index (κ1) is 16.4. The summed E-state index contributed by atoms with van der Waals surface area (Å²) in [5.74, 6) is -0.159. The predicted octanol–water partition coefficient (Wildman–Crippen LogP) is 2.66. The van der Waals surface area contributed by atoms with E-state index >= 15 is 0 Å². The summed E-state index contributed by atoms with van der Waals surface area (Å²) < 4.78 is 10.9. The summed E-state index contributed by atoms with van der Waals surface area (Å²) >= 11 is 0. The van der Waals surface area contributed by atoms with Gasteiger partial charge in [0.2, 0.25) is 0 Å². The van der Waals surface area contributed by atoms with Gasteiger partial charge in [-0.3, -0.25) is 10.1 Å². The molecule has 1 aliphatic carbocycles. The molecule has 1 aliphatic rings. The van der Waals surface area contributed by atoms with Crippen LogP contribution in [-0.2, 0) is 14.3 Å². The summed E-state index contributed by atoms with van der Waals surface area (Å²) in [6.45, 7) is 9.02. The third kappa shape index (κ3) is 5.91. The second-order valence-electron chi connectivity index (χ2n) is 5.69. The van der Waals surface area contributed by atoms with Crippen LogP contribution in [0.2, 0.25) is 0 Å². The summed E-state index contributed by atoms with van der Waals surface area (Å²) in [6, 6.07) is 0.475. The first-order valence-electron chi connectivity index (χ1n) is 7.58. The Bertz CT molecular complexity index is 279. The molecule has 1 N–H and O–H groups in total. The van der Waals surface area contributed by atoms with E-state index in [-0.39, 0.29) is 12.1 Å². The van der Waals surface area contributed by atoms with Crippen LogP contribution >= 0.6 is 0 Å². The van der Waals surface area contributed by atoms with Crippen LogP contribution in [0.15, 0.2) is 0 Å². The predicted molar refractivity (Wildman–Crippen MR) is 76.1 cm³/mol. The van der Waals surface area contributed by atoms with Gasteiger partial charge in [0.05, 0.1) is 12.7 Å². The fraction of sp³-hybridized carbons (Fsp3) is 0.933. The molecule has 2 atom stereocenters. The molecule has 4 heteroatoms. The van der Waals surface area contributed by atoms with E-state index in [2.05, 4.69) is 19.2 Å². The van der Waals surface area contributed by atoms with Crippen molar-refractivity contribution >= 4 is 5.97 Å². The lowest BCUT2D eigenvalue weighted by molar-refractivity contribution is -0.151. The zero-order chi connectivity index (χ0) is 14.3. The Balaban J connectivity index is 2.41. The molecule has 0 heterocycles. The molecule has 112 valence electrons. The van der Waals surface area contributed by atoms with Gasteiger partial charge in [-0.15, -0.1) is 0 Å². The van der Waals surface area contributed by atoms with Crippen LogP contribution in [0.4, 0.5) is 0 Å². The van der Waals surface area contributed by atoms with Crippen molar-refractivity contribution in [3.05, 3.63) is 0 Å². The molecule has 1 saturated carbocycles. The van der Waals surface area contributed by atoms with Crippen LogP contribution in [0.25, 0.3) is 0 Å². The molecule has 2 unspecified atom stereocenters. The molecular formula is C15H29NO3. The Labute approximate surface area is 117 Å². The summed E-state index contributed by atoms with van der Waals surface area (Å²) in [5, 5.41) is 3.40. The van der Waals surface area contributed by atoms with Crippen LogP contribution < -0.4 is 5.32 Å².